The van der Waals surface area contributed by atoms with Crippen molar-refractivity contribution in [3.05, 3.63) is 105 Å². The highest BCUT2D eigenvalue weighted by molar-refractivity contribution is 5.87. The number of phenolic OH excluding ortho intramolecular Hbond substituents is 1. The minimum atomic E-state index is -1.07. The van der Waals surface area contributed by atoms with Crippen molar-refractivity contribution in [1.29, 1.82) is 0 Å². The molecule has 1 heterocycles. The molecule has 1 amide bonds. The molecule has 9 nitrogen and oxygen atoms in total. The highest BCUT2D eigenvalue weighted by atomic mass is 16.5. The summed E-state index contributed by atoms with van der Waals surface area (Å²) >= 11 is 0. The summed E-state index contributed by atoms with van der Waals surface area (Å²) in [5, 5.41) is 36.6. The van der Waals surface area contributed by atoms with Gasteiger partial charge < -0.3 is 35.7 Å². The first-order valence-electron chi connectivity index (χ1n) is 15.3. The zero-order valence-corrected chi connectivity index (χ0v) is 25.2. The highest BCUT2D eigenvalue weighted by Gasteiger charge is 2.18. The smallest absolute Gasteiger partial charge is 0.405 e. The molecule has 0 aliphatic heterocycles. The average molecular weight is 602 g/mol. The van der Waals surface area contributed by atoms with E-state index in [-0.39, 0.29) is 11.3 Å². The monoisotopic (exact) mass is 601 g/mol. The number of rotatable bonds is 17. The Labute approximate surface area is 257 Å². The van der Waals surface area contributed by atoms with E-state index in [0.717, 1.165) is 73.9 Å². The van der Waals surface area contributed by atoms with E-state index in [1.807, 2.05) is 55.5 Å². The van der Waals surface area contributed by atoms with Gasteiger partial charge >= 0.3 is 6.09 Å². The maximum absolute atomic E-state index is 11.6. The van der Waals surface area contributed by atoms with Crippen molar-refractivity contribution in [3.63, 3.8) is 0 Å². The van der Waals surface area contributed by atoms with Crippen LogP contribution in [0.4, 0.5) is 4.79 Å². The number of aromatic nitrogens is 1. The molecule has 0 bridgehead atoms. The number of carbonyl (C=O) groups is 1. The number of phenols is 1. The molecule has 44 heavy (non-hydrogen) atoms. The third kappa shape index (κ3) is 9.33. The summed E-state index contributed by atoms with van der Waals surface area (Å²) in [6.07, 6.45) is 5.82. The molecule has 0 saturated carbocycles. The Kier molecular flexibility index (Phi) is 12.2. The summed E-state index contributed by atoms with van der Waals surface area (Å²) in [6.45, 7) is 3.81. The van der Waals surface area contributed by atoms with Crippen molar-refractivity contribution in [2.75, 3.05) is 19.7 Å². The molecule has 0 aliphatic rings. The fourth-order valence-electron chi connectivity index (χ4n) is 5.40. The molecule has 2 atom stereocenters. The molecule has 1 unspecified atom stereocenters. The van der Waals surface area contributed by atoms with Crippen LogP contribution >= 0.6 is 0 Å². The number of aryl methyl sites for hydroxylation is 1. The molecule has 0 spiro atoms. The van der Waals surface area contributed by atoms with Crippen LogP contribution in [-0.2, 0) is 0 Å². The SMILES string of the molecule is Cc1ccc(C(NC(=O)O)c2ccccc2)cc1OCCCCCCCCCNC[C@H](O)c1ccc(O)c2[nH]c(=O)ccc12. The minimum Gasteiger partial charge on any atom is -0.506 e. The van der Waals surface area contributed by atoms with Gasteiger partial charge in [0.1, 0.15) is 11.5 Å². The normalized spacial score (nSPS) is 12.6. The van der Waals surface area contributed by atoms with Gasteiger partial charge in [-0.25, -0.2) is 4.79 Å². The van der Waals surface area contributed by atoms with E-state index in [2.05, 4.69) is 15.6 Å². The Morgan fingerprint density at radius 1 is 0.886 bits per heavy atom. The predicted molar refractivity (Wildman–Crippen MR) is 173 cm³/mol. The lowest BCUT2D eigenvalue weighted by Gasteiger charge is -2.20. The Hall–Kier alpha value is -4.34. The van der Waals surface area contributed by atoms with Gasteiger partial charge in [-0.3, -0.25) is 4.79 Å². The van der Waals surface area contributed by atoms with Crippen LogP contribution in [0, 0.1) is 6.92 Å². The van der Waals surface area contributed by atoms with Crippen LogP contribution in [0.25, 0.3) is 10.9 Å². The topological polar surface area (TPSA) is 144 Å². The molecule has 4 aromatic rings. The number of fused-ring (bicyclic) bond motifs is 1. The van der Waals surface area contributed by atoms with Gasteiger partial charge in [-0.1, -0.05) is 80.6 Å². The molecule has 3 aromatic carbocycles. The van der Waals surface area contributed by atoms with E-state index in [1.54, 1.807) is 12.1 Å². The number of hydrogen-bond donors (Lipinski definition) is 6. The van der Waals surface area contributed by atoms with Gasteiger partial charge in [0.2, 0.25) is 5.56 Å². The van der Waals surface area contributed by atoms with Crippen molar-refractivity contribution in [1.82, 2.24) is 15.6 Å². The number of nitrogens with one attached hydrogen (secondary N) is 3. The van der Waals surface area contributed by atoms with Crippen molar-refractivity contribution in [2.45, 2.75) is 64.0 Å². The van der Waals surface area contributed by atoms with E-state index in [1.165, 1.54) is 12.1 Å². The number of amides is 1. The maximum Gasteiger partial charge on any atom is 0.405 e. The van der Waals surface area contributed by atoms with E-state index >= 15 is 0 Å². The van der Waals surface area contributed by atoms with Crippen LogP contribution < -0.4 is 20.9 Å². The standard InChI is InChI=1S/C35H43N3O6/c1-24-14-15-26(33(38-35(42)43)25-12-8-7-9-13-25)22-31(24)44-21-11-6-4-2-3-5-10-20-36-23-30(40)27-16-18-29(39)34-28(27)17-19-32(41)37-34/h7-9,12-19,22,30,33,36,38-40H,2-6,10-11,20-21,23H2,1H3,(H,37,41)(H,42,43)/t30-,33?/m0/s1. The third-order valence-electron chi connectivity index (χ3n) is 7.81. The molecule has 6 N–H and O–H groups in total. The number of unbranched alkanes of at least 4 members (excludes halogenated alkanes) is 6. The number of hydrogen-bond acceptors (Lipinski definition) is 6. The van der Waals surface area contributed by atoms with Crippen LogP contribution in [0.1, 0.15) is 79.3 Å². The third-order valence-corrected chi connectivity index (χ3v) is 7.81. The molecule has 0 radical (unpaired) electrons. The van der Waals surface area contributed by atoms with E-state index in [0.29, 0.717) is 29.6 Å². The molecule has 9 heteroatoms. The van der Waals surface area contributed by atoms with Crippen molar-refractivity contribution in [3.8, 4) is 11.5 Å². The fourth-order valence-corrected chi connectivity index (χ4v) is 5.40. The van der Waals surface area contributed by atoms with E-state index in [9.17, 15) is 24.9 Å². The first-order valence-corrected chi connectivity index (χ1v) is 15.3. The number of ether oxygens (including phenoxy) is 1. The molecule has 0 saturated heterocycles. The lowest BCUT2D eigenvalue weighted by Crippen LogP contribution is -2.27. The Balaban J connectivity index is 1.09. The Bertz CT molecular complexity index is 1560. The zero-order chi connectivity index (χ0) is 31.3. The number of pyridine rings is 1. The van der Waals surface area contributed by atoms with Gasteiger partial charge in [-0.05, 0) is 66.8 Å². The second-order valence-corrected chi connectivity index (χ2v) is 11.1. The molecular formula is C35H43N3O6. The second kappa shape index (κ2) is 16.5. The van der Waals surface area contributed by atoms with E-state index < -0.39 is 18.2 Å². The summed E-state index contributed by atoms with van der Waals surface area (Å²) in [5.41, 5.74) is 3.45. The highest BCUT2D eigenvalue weighted by Crippen LogP contribution is 2.29. The van der Waals surface area contributed by atoms with Gasteiger partial charge in [0.15, 0.2) is 0 Å². The van der Waals surface area contributed by atoms with Crippen LogP contribution in [0.3, 0.4) is 0 Å². The number of carboxylic acid groups (broad SMARTS) is 1. The number of aromatic amines is 1. The van der Waals surface area contributed by atoms with E-state index in [4.69, 9.17) is 4.74 Å². The molecular weight excluding hydrogens is 558 g/mol. The first-order chi connectivity index (χ1) is 21.3. The van der Waals surface area contributed by atoms with Gasteiger partial charge in [-0.15, -0.1) is 0 Å². The van der Waals surface area contributed by atoms with Crippen molar-refractivity contribution in [2.24, 2.45) is 0 Å². The number of benzene rings is 3. The Morgan fingerprint density at radius 3 is 2.36 bits per heavy atom. The van der Waals surface area contributed by atoms with Gasteiger partial charge in [-0.2, -0.15) is 0 Å². The molecule has 4 rings (SSSR count). The summed E-state index contributed by atoms with van der Waals surface area (Å²) in [6, 6.07) is 21.1. The fraction of sp³-hybridized carbons (Fsp3) is 0.371. The van der Waals surface area contributed by atoms with Crippen LogP contribution in [0.2, 0.25) is 0 Å². The largest absolute Gasteiger partial charge is 0.506 e. The maximum atomic E-state index is 11.6. The second-order valence-electron chi connectivity index (χ2n) is 11.1. The molecule has 1 aromatic heterocycles. The Morgan fingerprint density at radius 2 is 1.61 bits per heavy atom. The molecule has 234 valence electrons. The minimum absolute atomic E-state index is 0.0148. The summed E-state index contributed by atoms with van der Waals surface area (Å²) in [4.78, 5) is 25.7. The number of H-pyrrole nitrogens is 1. The number of aromatic hydroxyl groups is 1. The van der Waals surface area contributed by atoms with Gasteiger partial charge in [0.25, 0.3) is 0 Å². The number of aliphatic hydroxyl groups excluding tert-OH is 1. The predicted octanol–water partition coefficient (Wildman–Crippen LogP) is 6.33. The first kappa shape index (κ1) is 32.6. The van der Waals surface area contributed by atoms with Crippen LogP contribution in [0.15, 0.2) is 77.6 Å². The molecule has 0 aliphatic carbocycles. The quantitative estimate of drug-likeness (QED) is 0.0776. The van der Waals surface area contributed by atoms with Gasteiger partial charge in [0.05, 0.1) is 24.3 Å². The van der Waals surface area contributed by atoms with Crippen molar-refractivity contribution < 1.29 is 24.9 Å². The average Bonchev–Trinajstić information content (AvgIpc) is 3.02. The summed E-state index contributed by atoms with van der Waals surface area (Å²) in [7, 11) is 0. The lowest BCUT2D eigenvalue weighted by atomic mass is 9.97. The molecule has 0 fully saturated rings. The van der Waals surface area contributed by atoms with Gasteiger partial charge in [0, 0.05) is 18.0 Å². The number of aliphatic hydroxyl groups is 1. The van der Waals surface area contributed by atoms with Crippen LogP contribution in [0.5, 0.6) is 11.5 Å². The van der Waals surface area contributed by atoms with Crippen LogP contribution in [-0.4, -0.2) is 46.1 Å². The lowest BCUT2D eigenvalue weighted by molar-refractivity contribution is 0.176. The summed E-state index contributed by atoms with van der Waals surface area (Å²) < 4.78 is 6.09. The summed E-state index contributed by atoms with van der Waals surface area (Å²) in [5.74, 6) is 0.765. The zero-order valence-electron chi connectivity index (χ0n) is 25.2. The van der Waals surface area contributed by atoms with Crippen molar-refractivity contribution >= 4 is 17.0 Å².